The van der Waals surface area contributed by atoms with Crippen molar-refractivity contribution in [2.45, 2.75) is 0 Å². The molecule has 0 aliphatic carbocycles. The van der Waals surface area contributed by atoms with Crippen molar-refractivity contribution in [3.63, 3.8) is 0 Å². The van der Waals surface area contributed by atoms with Gasteiger partial charge in [0.15, 0.2) is 5.65 Å². The molecule has 0 fully saturated rings. The molecule has 0 bridgehead atoms. The molecule has 0 saturated carbocycles. The van der Waals surface area contributed by atoms with Gasteiger partial charge in [0.25, 0.3) is 0 Å². The molecule has 9 heteroatoms. The van der Waals surface area contributed by atoms with Crippen LogP contribution >= 0.6 is 0 Å². The molecular formula is C30H28FN7O. The summed E-state index contributed by atoms with van der Waals surface area (Å²) in [7, 11) is 5.64. The van der Waals surface area contributed by atoms with E-state index in [0.29, 0.717) is 11.4 Å². The number of nitrogens with zero attached hydrogens (tertiary/aromatic N) is 4. The van der Waals surface area contributed by atoms with Crippen molar-refractivity contribution >= 4 is 27.6 Å². The van der Waals surface area contributed by atoms with E-state index in [9.17, 15) is 4.39 Å². The Morgan fingerprint density at radius 2 is 1.82 bits per heavy atom. The minimum Gasteiger partial charge on any atom is -0.495 e. The number of likely N-dealkylation sites (N-methyl/N-ethyl adjacent to an activating group) is 1. The molecule has 4 aromatic heterocycles. The van der Waals surface area contributed by atoms with E-state index in [4.69, 9.17) is 4.74 Å². The lowest BCUT2D eigenvalue weighted by Gasteiger charge is -2.13. The molecule has 0 amide bonds. The monoisotopic (exact) mass is 521 g/mol. The quantitative estimate of drug-likeness (QED) is 0.229. The van der Waals surface area contributed by atoms with Crippen LogP contribution < -0.4 is 10.1 Å². The maximum Gasteiger partial charge on any atom is 0.181 e. The van der Waals surface area contributed by atoms with Crippen LogP contribution in [0.25, 0.3) is 55.6 Å². The van der Waals surface area contributed by atoms with Crippen molar-refractivity contribution in [3.05, 3.63) is 79.0 Å². The number of fused-ring (bicyclic) bond motifs is 2. The van der Waals surface area contributed by atoms with Gasteiger partial charge in [0.1, 0.15) is 11.6 Å². The Morgan fingerprint density at radius 1 is 0.949 bits per heavy atom. The molecule has 2 aromatic carbocycles. The Labute approximate surface area is 224 Å². The lowest BCUT2D eigenvalue weighted by molar-refractivity contribution is 0.413. The zero-order chi connectivity index (χ0) is 26.9. The third kappa shape index (κ3) is 4.92. The van der Waals surface area contributed by atoms with Crippen molar-refractivity contribution in [3.8, 4) is 39.4 Å². The van der Waals surface area contributed by atoms with Crippen LogP contribution in [0.3, 0.4) is 0 Å². The van der Waals surface area contributed by atoms with E-state index in [1.807, 2.05) is 50.5 Å². The van der Waals surface area contributed by atoms with Gasteiger partial charge in [0, 0.05) is 58.6 Å². The maximum atomic E-state index is 14.6. The van der Waals surface area contributed by atoms with E-state index in [2.05, 4.69) is 41.4 Å². The second-order valence-corrected chi connectivity index (χ2v) is 9.72. The van der Waals surface area contributed by atoms with Crippen LogP contribution in [0.15, 0.2) is 73.2 Å². The number of hydrogen-bond acceptors (Lipinski definition) is 6. The normalized spacial score (nSPS) is 11.5. The van der Waals surface area contributed by atoms with E-state index in [-0.39, 0.29) is 5.82 Å². The maximum absolute atomic E-state index is 14.6. The number of halogens is 1. The molecule has 196 valence electrons. The lowest BCUT2D eigenvalue weighted by atomic mass is 10.0. The average Bonchev–Trinajstić information content (AvgIpc) is 3.56. The summed E-state index contributed by atoms with van der Waals surface area (Å²) in [5.41, 5.74) is 7.55. The number of anilines is 1. The highest BCUT2D eigenvalue weighted by Crippen LogP contribution is 2.36. The minimum absolute atomic E-state index is 0.280. The Morgan fingerprint density at radius 3 is 2.67 bits per heavy atom. The summed E-state index contributed by atoms with van der Waals surface area (Å²) < 4.78 is 20.0. The topological polar surface area (TPSA) is 94.8 Å². The highest BCUT2D eigenvalue weighted by molar-refractivity contribution is 6.01. The van der Waals surface area contributed by atoms with Gasteiger partial charge < -0.3 is 19.9 Å². The van der Waals surface area contributed by atoms with Gasteiger partial charge >= 0.3 is 0 Å². The number of pyridine rings is 2. The molecule has 0 unspecified atom stereocenters. The predicted octanol–water partition coefficient (Wildman–Crippen LogP) is 5.96. The van der Waals surface area contributed by atoms with Gasteiger partial charge in [0.05, 0.1) is 24.7 Å². The van der Waals surface area contributed by atoms with Crippen molar-refractivity contribution in [2.24, 2.45) is 0 Å². The molecular weight excluding hydrogens is 493 g/mol. The van der Waals surface area contributed by atoms with Gasteiger partial charge in [-0.2, -0.15) is 5.10 Å². The van der Waals surface area contributed by atoms with Gasteiger partial charge in [-0.05, 0) is 67.7 Å². The summed E-state index contributed by atoms with van der Waals surface area (Å²) in [5, 5.41) is 12.8. The van der Waals surface area contributed by atoms with E-state index >= 15 is 0 Å². The fraction of sp³-hybridized carbons (Fsp3) is 0.167. The molecule has 0 saturated heterocycles. The van der Waals surface area contributed by atoms with E-state index in [1.54, 1.807) is 31.8 Å². The first-order valence-corrected chi connectivity index (χ1v) is 12.6. The van der Waals surface area contributed by atoms with Gasteiger partial charge in [-0.15, -0.1) is 0 Å². The van der Waals surface area contributed by atoms with Gasteiger partial charge in [-0.25, -0.2) is 9.37 Å². The second-order valence-electron chi connectivity index (χ2n) is 9.72. The molecule has 39 heavy (non-hydrogen) atoms. The summed E-state index contributed by atoms with van der Waals surface area (Å²) >= 11 is 0. The smallest absolute Gasteiger partial charge is 0.181 e. The number of H-pyrrole nitrogens is 2. The molecule has 6 rings (SSSR count). The molecule has 0 spiro atoms. The van der Waals surface area contributed by atoms with E-state index in [1.165, 1.54) is 6.07 Å². The van der Waals surface area contributed by atoms with Gasteiger partial charge in [-0.1, -0.05) is 12.1 Å². The van der Waals surface area contributed by atoms with Gasteiger partial charge in [-0.3, -0.25) is 10.1 Å². The van der Waals surface area contributed by atoms with E-state index < -0.39 is 0 Å². The molecule has 8 nitrogen and oxygen atoms in total. The molecule has 0 aliphatic heterocycles. The van der Waals surface area contributed by atoms with Crippen LogP contribution in [0.2, 0.25) is 0 Å². The Bertz CT molecular complexity index is 1790. The summed E-state index contributed by atoms with van der Waals surface area (Å²) in [6.45, 7) is 1.58. The van der Waals surface area contributed by atoms with Crippen molar-refractivity contribution in [1.82, 2.24) is 30.0 Å². The largest absolute Gasteiger partial charge is 0.495 e. The molecule has 0 aliphatic rings. The number of hydrogen-bond donors (Lipinski definition) is 3. The van der Waals surface area contributed by atoms with Crippen LogP contribution in [-0.4, -0.2) is 64.3 Å². The molecule has 0 atom stereocenters. The summed E-state index contributed by atoms with van der Waals surface area (Å²) in [6, 6.07) is 17.1. The Hall–Kier alpha value is -4.76. The zero-order valence-electron chi connectivity index (χ0n) is 21.9. The number of nitrogens with one attached hydrogen (secondary N) is 3. The van der Waals surface area contributed by atoms with Crippen LogP contribution in [0.5, 0.6) is 5.75 Å². The number of rotatable bonds is 8. The third-order valence-electron chi connectivity index (χ3n) is 6.72. The number of ether oxygens (including phenoxy) is 1. The number of methoxy groups -OCH3 is 1. The predicted molar refractivity (Wildman–Crippen MR) is 153 cm³/mol. The first-order valence-electron chi connectivity index (χ1n) is 12.6. The van der Waals surface area contributed by atoms with Crippen LogP contribution in [0.1, 0.15) is 0 Å². The Balaban J connectivity index is 1.40. The highest BCUT2D eigenvalue weighted by atomic mass is 19.1. The zero-order valence-corrected chi connectivity index (χ0v) is 21.9. The van der Waals surface area contributed by atoms with Crippen molar-refractivity contribution < 1.29 is 9.13 Å². The molecule has 3 N–H and O–H groups in total. The SMILES string of the molecule is COc1cncc(-c2cnc3n[nH]c(-c4cc5c(-c6cc(F)cc(NCCN(C)C)c6)cccc5[nH]4)c3c2)c1. The standard InChI is InChI=1S/C30H28FN7O/c1-38(2)8-7-33-22-10-18(9-21(31)13-22)24-5-4-6-27-25(24)14-28(35-27)29-26-12-20(16-34-30(26)37-36-29)19-11-23(39-3)17-32-15-19/h4-6,9-17,33,35H,7-8H2,1-3H3,(H,34,36,37). The number of benzene rings is 2. The lowest BCUT2D eigenvalue weighted by Crippen LogP contribution is -2.20. The van der Waals surface area contributed by atoms with Crippen LogP contribution in [0.4, 0.5) is 10.1 Å². The Kier molecular flexibility index (Phi) is 6.42. The van der Waals surface area contributed by atoms with Gasteiger partial charge in [0.2, 0.25) is 0 Å². The minimum atomic E-state index is -0.280. The molecule has 4 heterocycles. The van der Waals surface area contributed by atoms with E-state index in [0.717, 1.165) is 68.7 Å². The first-order chi connectivity index (χ1) is 19.0. The molecule has 6 aromatic rings. The second kappa shape index (κ2) is 10.2. The third-order valence-corrected chi connectivity index (χ3v) is 6.72. The highest BCUT2D eigenvalue weighted by Gasteiger charge is 2.15. The summed E-state index contributed by atoms with van der Waals surface area (Å²) in [4.78, 5) is 14.4. The van der Waals surface area contributed by atoms with Crippen molar-refractivity contribution in [2.75, 3.05) is 39.6 Å². The van der Waals surface area contributed by atoms with Crippen LogP contribution in [0, 0.1) is 5.82 Å². The number of aromatic nitrogens is 5. The number of aromatic amines is 2. The first kappa shape index (κ1) is 24.6. The fourth-order valence-corrected chi connectivity index (χ4v) is 4.76. The summed E-state index contributed by atoms with van der Waals surface area (Å²) in [6.07, 6.45) is 5.23. The fourth-order valence-electron chi connectivity index (χ4n) is 4.76. The average molecular weight is 522 g/mol. The van der Waals surface area contributed by atoms with Crippen LogP contribution in [-0.2, 0) is 0 Å². The molecule has 0 radical (unpaired) electrons. The van der Waals surface area contributed by atoms with Crippen molar-refractivity contribution in [1.29, 1.82) is 0 Å². The summed E-state index contributed by atoms with van der Waals surface area (Å²) in [5.74, 6) is 0.398.